The van der Waals surface area contributed by atoms with Crippen molar-refractivity contribution in [2.24, 2.45) is 5.92 Å². The van der Waals surface area contributed by atoms with Crippen molar-refractivity contribution in [3.05, 3.63) is 33.7 Å². The van der Waals surface area contributed by atoms with Crippen molar-refractivity contribution in [3.8, 4) is 11.5 Å². The van der Waals surface area contributed by atoms with Crippen LogP contribution in [0.2, 0.25) is 0 Å². The average Bonchev–Trinajstić information content (AvgIpc) is 2.77. The quantitative estimate of drug-likeness (QED) is 0.456. The molecule has 2 atom stereocenters. The fourth-order valence-corrected chi connectivity index (χ4v) is 4.02. The molecule has 0 saturated heterocycles. The van der Waals surface area contributed by atoms with Crippen LogP contribution in [0, 0.1) is 12.8 Å². The Balaban J connectivity index is 1.72. The van der Waals surface area contributed by atoms with E-state index in [0.717, 1.165) is 12.0 Å². The predicted molar refractivity (Wildman–Crippen MR) is 128 cm³/mol. The Labute approximate surface area is 203 Å². The monoisotopic (exact) mass is 488 g/mol. The molecule has 3 rings (SSSR count). The lowest BCUT2D eigenvalue weighted by Crippen LogP contribution is -2.48. The molecule has 0 fully saturated rings. The Kier molecular flexibility index (Phi) is 7.72. The highest BCUT2D eigenvalue weighted by atomic mass is 16.5. The van der Waals surface area contributed by atoms with Crippen molar-refractivity contribution in [1.82, 2.24) is 10.6 Å². The van der Waals surface area contributed by atoms with Crippen molar-refractivity contribution in [2.45, 2.75) is 65.5 Å². The van der Waals surface area contributed by atoms with Crippen LogP contribution in [-0.4, -0.2) is 47.7 Å². The van der Waals surface area contributed by atoms with Crippen molar-refractivity contribution < 1.29 is 33.4 Å². The van der Waals surface area contributed by atoms with E-state index < -0.39 is 48.2 Å². The molecule has 1 aromatic carbocycles. The Hall–Kier alpha value is -3.56. The largest absolute Gasteiger partial charge is 0.487 e. The Morgan fingerprint density at radius 3 is 2.60 bits per heavy atom. The molecule has 10 nitrogen and oxygen atoms in total. The lowest BCUT2D eigenvalue weighted by molar-refractivity contribution is -0.143. The number of hydrogen-bond acceptors (Lipinski definition) is 7. The fraction of sp³-hybridized carbons (Fsp3) is 0.520. The highest BCUT2D eigenvalue weighted by Crippen LogP contribution is 2.42. The molecule has 2 amide bonds. The molecule has 0 saturated carbocycles. The zero-order valence-corrected chi connectivity index (χ0v) is 20.6. The van der Waals surface area contributed by atoms with E-state index in [2.05, 4.69) is 10.6 Å². The van der Waals surface area contributed by atoms with E-state index in [1.165, 1.54) is 6.07 Å². The van der Waals surface area contributed by atoms with Gasteiger partial charge in [-0.2, -0.15) is 0 Å². The molecular weight excluding hydrogens is 456 g/mol. The molecule has 3 N–H and O–H groups in total. The number of rotatable bonds is 9. The standard InChI is InChI=1S/C25H32N2O8/c1-6-13(2)22(24(31)32)27-18(28)11-26-19(29)12-33-17-10-16-15(7-8-25(4,5)35-16)23-21(17)14(3)9-20(30)34-23/h9-10,13,22H,6-8,11-12H2,1-5H3,(H,26,29)(H,27,28)(H,31,32)/t13-,22-/m0/s1. The third-order valence-corrected chi connectivity index (χ3v) is 6.20. The first-order valence-electron chi connectivity index (χ1n) is 11.6. The normalized spacial score (nSPS) is 15.9. The molecule has 0 aliphatic carbocycles. The summed E-state index contributed by atoms with van der Waals surface area (Å²) in [5.74, 6) is -1.73. The number of carbonyl (C=O) groups is 3. The van der Waals surface area contributed by atoms with E-state index in [1.807, 2.05) is 20.8 Å². The Bertz CT molecular complexity index is 1200. The number of amides is 2. The van der Waals surface area contributed by atoms with Gasteiger partial charge in [-0.3, -0.25) is 9.59 Å². The number of fused-ring (bicyclic) bond motifs is 3. The molecule has 1 aromatic heterocycles. The van der Waals surface area contributed by atoms with Crippen LogP contribution in [0.15, 0.2) is 21.3 Å². The van der Waals surface area contributed by atoms with Gasteiger partial charge in [0.2, 0.25) is 5.91 Å². The first kappa shape index (κ1) is 26.1. The molecule has 0 spiro atoms. The predicted octanol–water partition coefficient (Wildman–Crippen LogP) is 2.32. The van der Waals surface area contributed by atoms with Gasteiger partial charge in [-0.15, -0.1) is 0 Å². The number of aliphatic carboxylic acids is 1. The Morgan fingerprint density at radius 1 is 1.23 bits per heavy atom. The topological polar surface area (TPSA) is 144 Å². The van der Waals surface area contributed by atoms with Gasteiger partial charge in [0.25, 0.3) is 5.91 Å². The second kappa shape index (κ2) is 10.4. The van der Waals surface area contributed by atoms with Crippen LogP contribution in [0.4, 0.5) is 0 Å². The molecule has 35 heavy (non-hydrogen) atoms. The number of nitrogens with one attached hydrogen (secondary N) is 2. The zero-order chi connectivity index (χ0) is 25.9. The maximum atomic E-state index is 12.4. The number of carboxylic acid groups (broad SMARTS) is 1. The molecule has 1 aliphatic rings. The first-order valence-corrected chi connectivity index (χ1v) is 11.6. The second-order valence-electron chi connectivity index (χ2n) is 9.50. The van der Waals surface area contributed by atoms with Gasteiger partial charge in [-0.1, -0.05) is 20.3 Å². The van der Waals surface area contributed by atoms with Crippen LogP contribution in [-0.2, 0) is 20.8 Å². The van der Waals surface area contributed by atoms with Crippen molar-refractivity contribution in [1.29, 1.82) is 0 Å². The van der Waals surface area contributed by atoms with Gasteiger partial charge in [0.05, 0.1) is 11.9 Å². The molecule has 0 radical (unpaired) electrons. The number of ether oxygens (including phenoxy) is 2. The summed E-state index contributed by atoms with van der Waals surface area (Å²) in [5.41, 5.74) is 0.907. The van der Waals surface area contributed by atoms with Gasteiger partial charge in [-0.05, 0) is 45.1 Å². The summed E-state index contributed by atoms with van der Waals surface area (Å²) < 4.78 is 17.3. The average molecular weight is 489 g/mol. The summed E-state index contributed by atoms with van der Waals surface area (Å²) in [4.78, 5) is 47.9. The van der Waals surface area contributed by atoms with E-state index in [-0.39, 0.29) is 5.92 Å². The summed E-state index contributed by atoms with van der Waals surface area (Å²) in [5, 5.41) is 14.7. The minimum atomic E-state index is -1.13. The fourth-order valence-electron chi connectivity index (χ4n) is 4.02. The second-order valence-corrected chi connectivity index (χ2v) is 9.50. The number of hydrogen-bond donors (Lipinski definition) is 3. The summed E-state index contributed by atoms with van der Waals surface area (Å²) in [6, 6.07) is 2.01. The van der Waals surface area contributed by atoms with Gasteiger partial charge in [0, 0.05) is 17.7 Å². The van der Waals surface area contributed by atoms with Crippen LogP contribution in [0.25, 0.3) is 11.0 Å². The molecule has 2 aromatic rings. The van der Waals surface area contributed by atoms with E-state index in [4.69, 9.17) is 13.9 Å². The van der Waals surface area contributed by atoms with Gasteiger partial charge in [-0.25, -0.2) is 9.59 Å². The minimum Gasteiger partial charge on any atom is -0.487 e. The maximum Gasteiger partial charge on any atom is 0.336 e. The first-order chi connectivity index (χ1) is 16.4. The minimum absolute atomic E-state index is 0.261. The molecule has 1 aliphatic heterocycles. The summed E-state index contributed by atoms with van der Waals surface area (Å²) >= 11 is 0. The van der Waals surface area contributed by atoms with Gasteiger partial charge < -0.3 is 29.6 Å². The molecule has 190 valence electrons. The van der Waals surface area contributed by atoms with Crippen LogP contribution in [0.3, 0.4) is 0 Å². The highest BCUT2D eigenvalue weighted by Gasteiger charge is 2.31. The van der Waals surface area contributed by atoms with Crippen molar-refractivity contribution in [2.75, 3.05) is 13.2 Å². The summed E-state index contributed by atoms with van der Waals surface area (Å²) in [6.07, 6.45) is 1.99. The number of carboxylic acids is 1. The molecule has 0 unspecified atom stereocenters. The number of benzene rings is 1. The molecule has 2 heterocycles. The SMILES string of the molecule is CC[C@H](C)[C@H](NC(=O)CNC(=O)COc1cc2c(c3oc(=O)cc(C)c13)CCC(C)(C)O2)C(=O)O. The van der Waals surface area contributed by atoms with Crippen LogP contribution >= 0.6 is 0 Å². The molecule has 10 heteroatoms. The van der Waals surface area contributed by atoms with Gasteiger partial charge in [0.1, 0.15) is 28.7 Å². The zero-order valence-electron chi connectivity index (χ0n) is 20.6. The van der Waals surface area contributed by atoms with Gasteiger partial charge >= 0.3 is 11.6 Å². The van der Waals surface area contributed by atoms with E-state index >= 15 is 0 Å². The number of carbonyl (C=O) groups excluding carboxylic acids is 2. The summed E-state index contributed by atoms with van der Waals surface area (Å²) in [7, 11) is 0. The van der Waals surface area contributed by atoms with Gasteiger partial charge in [0.15, 0.2) is 6.61 Å². The van der Waals surface area contributed by atoms with E-state index in [9.17, 15) is 24.3 Å². The maximum absolute atomic E-state index is 12.4. The highest BCUT2D eigenvalue weighted by molar-refractivity contribution is 5.92. The third-order valence-electron chi connectivity index (χ3n) is 6.20. The smallest absolute Gasteiger partial charge is 0.336 e. The lowest BCUT2D eigenvalue weighted by atomic mass is 9.92. The third kappa shape index (κ3) is 6.12. The van der Waals surface area contributed by atoms with E-state index in [0.29, 0.717) is 40.9 Å². The van der Waals surface area contributed by atoms with E-state index in [1.54, 1.807) is 19.9 Å². The molecule has 0 bridgehead atoms. The summed E-state index contributed by atoms with van der Waals surface area (Å²) in [6.45, 7) is 8.43. The van der Waals surface area contributed by atoms with Crippen LogP contribution in [0.1, 0.15) is 51.7 Å². The molecular formula is C25H32N2O8. The van der Waals surface area contributed by atoms with Crippen molar-refractivity contribution in [3.63, 3.8) is 0 Å². The van der Waals surface area contributed by atoms with Crippen molar-refractivity contribution >= 4 is 28.8 Å². The van der Waals surface area contributed by atoms with Crippen LogP contribution in [0.5, 0.6) is 11.5 Å². The van der Waals surface area contributed by atoms with Crippen LogP contribution < -0.4 is 25.7 Å². The lowest BCUT2D eigenvalue weighted by Gasteiger charge is -2.33. The number of aryl methyl sites for hydroxylation is 2. The Morgan fingerprint density at radius 2 is 1.94 bits per heavy atom.